The van der Waals surface area contributed by atoms with Crippen LogP contribution in [0.4, 0.5) is 0 Å². The van der Waals surface area contributed by atoms with Gasteiger partial charge >= 0.3 is 0 Å². The van der Waals surface area contributed by atoms with Crippen molar-refractivity contribution in [3.05, 3.63) is 47.5 Å². The maximum absolute atomic E-state index is 5.50. The highest BCUT2D eigenvalue weighted by atomic mass is 16.5. The number of likely N-dealkylation sites (N-methyl/N-ethyl adjacent to an activating group) is 1. The monoisotopic (exact) mass is 376 g/mol. The molecule has 0 aromatic heterocycles. The first-order chi connectivity index (χ1) is 13.0. The van der Waals surface area contributed by atoms with Gasteiger partial charge in [-0.1, -0.05) is 0 Å². The van der Waals surface area contributed by atoms with Gasteiger partial charge in [0.25, 0.3) is 0 Å². The Bertz CT molecular complexity index is 734. The fraction of sp³-hybridized carbons (Fsp3) is 0.429. The van der Waals surface area contributed by atoms with E-state index in [1.165, 1.54) is 10.5 Å². The van der Waals surface area contributed by atoms with Gasteiger partial charge in [-0.05, 0) is 30.3 Å². The Labute approximate surface area is 162 Å². The van der Waals surface area contributed by atoms with Crippen LogP contribution in [0.15, 0.2) is 36.4 Å². The minimum atomic E-state index is 0.328. The molecule has 0 spiro atoms. The molecule has 0 unspecified atom stereocenters. The van der Waals surface area contributed by atoms with Gasteiger partial charge < -0.3 is 29.2 Å². The molecule has 2 aromatic carbocycles. The average molecular weight is 376 g/mol. The lowest BCUT2D eigenvalue weighted by Gasteiger charge is -2.21. The van der Waals surface area contributed by atoms with Gasteiger partial charge in [0.05, 0.1) is 42.5 Å². The van der Waals surface area contributed by atoms with Crippen LogP contribution in [0.3, 0.4) is 0 Å². The quantitative estimate of drug-likeness (QED) is 0.640. The maximum Gasteiger partial charge on any atom is 0.162 e. The average Bonchev–Trinajstić information content (AvgIpc) is 2.70. The second kappa shape index (κ2) is 10.0. The summed E-state index contributed by atoms with van der Waals surface area (Å²) >= 11 is 0. The lowest BCUT2D eigenvalue weighted by atomic mass is 10.0. The molecule has 3 N–H and O–H groups in total. The van der Waals surface area contributed by atoms with Gasteiger partial charge in [0.1, 0.15) is 24.6 Å². The van der Waals surface area contributed by atoms with E-state index >= 15 is 0 Å². The zero-order valence-electron chi connectivity index (χ0n) is 17.2. The van der Waals surface area contributed by atoms with Gasteiger partial charge in [-0.15, -0.1) is 0 Å². The third-order valence-corrected chi connectivity index (χ3v) is 4.77. The highest BCUT2D eigenvalue weighted by Gasteiger charge is 2.22. The topological polar surface area (TPSA) is 58.0 Å². The molecule has 2 aromatic rings. The Morgan fingerprint density at radius 1 is 0.815 bits per heavy atom. The van der Waals surface area contributed by atoms with Gasteiger partial charge in [0.15, 0.2) is 17.5 Å². The molecule has 0 saturated carbocycles. The molecule has 0 amide bonds. The van der Waals surface area contributed by atoms with Gasteiger partial charge in [0, 0.05) is 17.2 Å². The van der Waals surface area contributed by atoms with Crippen LogP contribution in [0.5, 0.6) is 23.0 Å². The summed E-state index contributed by atoms with van der Waals surface area (Å²) in [6, 6.07) is 12.4. The molecule has 2 rings (SSSR count). The molecule has 6 nitrogen and oxygen atoms in total. The molecule has 0 aliphatic carbocycles. The van der Waals surface area contributed by atoms with E-state index in [1.807, 2.05) is 18.2 Å². The fourth-order valence-electron chi connectivity index (χ4n) is 3.20. The first kappa shape index (κ1) is 20.9. The van der Waals surface area contributed by atoms with E-state index in [2.05, 4.69) is 37.6 Å². The van der Waals surface area contributed by atoms with Crippen molar-refractivity contribution in [1.29, 1.82) is 0 Å². The second-order valence-electron chi connectivity index (χ2n) is 6.65. The molecular weight excluding hydrogens is 344 g/mol. The number of nitrogens with two attached hydrogens (primary N) is 1. The van der Waals surface area contributed by atoms with Crippen molar-refractivity contribution in [2.45, 2.75) is 12.6 Å². The van der Waals surface area contributed by atoms with Crippen molar-refractivity contribution in [3.8, 4) is 23.0 Å². The summed E-state index contributed by atoms with van der Waals surface area (Å²) in [4.78, 5) is 1.36. The molecule has 0 aliphatic rings. The Kier molecular flexibility index (Phi) is 7.76. The van der Waals surface area contributed by atoms with E-state index in [1.54, 1.807) is 28.4 Å². The largest absolute Gasteiger partial charge is 0.497 e. The Balaban J connectivity index is 2.10. The molecule has 0 bridgehead atoms. The third-order valence-electron chi connectivity index (χ3n) is 4.77. The summed E-state index contributed by atoms with van der Waals surface area (Å²) in [5.41, 5.74) is 2.38. The first-order valence-electron chi connectivity index (χ1n) is 9.08. The maximum atomic E-state index is 5.50. The van der Waals surface area contributed by atoms with Gasteiger partial charge in [-0.3, -0.25) is 0 Å². The fourth-order valence-corrected chi connectivity index (χ4v) is 3.20. The second-order valence-corrected chi connectivity index (χ2v) is 6.65. The van der Waals surface area contributed by atoms with Crippen LogP contribution in [0.25, 0.3) is 0 Å². The van der Waals surface area contributed by atoms with Crippen LogP contribution in [0, 0.1) is 0 Å². The summed E-state index contributed by atoms with van der Waals surface area (Å²) in [5, 5.41) is 2.30. The third kappa shape index (κ3) is 5.28. The SMILES string of the molecule is COc1ccc(C[NH2+]C[C@H](c2ccc(OC)c(OC)c2)[NH+](C)C)c(OC)c1. The summed E-state index contributed by atoms with van der Waals surface area (Å²) in [6.45, 7) is 1.78. The number of nitrogens with one attached hydrogen (secondary N) is 1. The van der Waals surface area contributed by atoms with E-state index in [0.29, 0.717) is 6.04 Å². The number of rotatable bonds is 10. The van der Waals surface area contributed by atoms with Crippen LogP contribution in [-0.4, -0.2) is 49.1 Å². The van der Waals surface area contributed by atoms with Gasteiger partial charge in [-0.2, -0.15) is 0 Å². The van der Waals surface area contributed by atoms with E-state index in [9.17, 15) is 0 Å². The molecule has 0 heterocycles. The van der Waals surface area contributed by atoms with E-state index in [0.717, 1.165) is 41.7 Å². The van der Waals surface area contributed by atoms with Crippen molar-refractivity contribution in [3.63, 3.8) is 0 Å². The smallest absolute Gasteiger partial charge is 0.162 e. The lowest BCUT2D eigenvalue weighted by Crippen LogP contribution is -3.09. The van der Waals surface area contributed by atoms with Crippen molar-refractivity contribution in [2.75, 3.05) is 49.1 Å². The van der Waals surface area contributed by atoms with Crippen LogP contribution >= 0.6 is 0 Å². The number of hydrogen-bond acceptors (Lipinski definition) is 4. The predicted octanol–water partition coefficient (Wildman–Crippen LogP) is 0.670. The molecule has 0 aliphatic heterocycles. The van der Waals surface area contributed by atoms with Crippen molar-refractivity contribution in [2.24, 2.45) is 0 Å². The van der Waals surface area contributed by atoms with Crippen molar-refractivity contribution < 1.29 is 29.2 Å². The minimum Gasteiger partial charge on any atom is -0.497 e. The number of methoxy groups -OCH3 is 4. The highest BCUT2D eigenvalue weighted by molar-refractivity contribution is 5.43. The van der Waals surface area contributed by atoms with E-state index < -0.39 is 0 Å². The first-order valence-corrected chi connectivity index (χ1v) is 9.08. The van der Waals surface area contributed by atoms with Crippen LogP contribution in [-0.2, 0) is 6.54 Å². The standard InChI is InChI=1S/C21H30N2O4/c1-23(2)18(15-8-10-19(25-4)21(11-15)27-6)14-22-13-16-7-9-17(24-3)12-20(16)26-5/h7-12,18,22H,13-14H2,1-6H3/p+2/t18-/m1/s1. The minimum absolute atomic E-state index is 0.328. The van der Waals surface area contributed by atoms with Crippen molar-refractivity contribution >= 4 is 0 Å². The zero-order chi connectivity index (χ0) is 19.8. The molecule has 148 valence electrons. The molecule has 0 fully saturated rings. The van der Waals surface area contributed by atoms with Crippen LogP contribution < -0.4 is 29.2 Å². The van der Waals surface area contributed by atoms with Gasteiger partial charge in [0.2, 0.25) is 0 Å². The van der Waals surface area contributed by atoms with E-state index in [-0.39, 0.29) is 0 Å². The van der Waals surface area contributed by atoms with Gasteiger partial charge in [-0.25, -0.2) is 0 Å². The molecule has 0 saturated heterocycles. The Morgan fingerprint density at radius 2 is 1.52 bits per heavy atom. The number of quaternary nitrogens is 2. The molecule has 1 atom stereocenters. The number of hydrogen-bond donors (Lipinski definition) is 2. The summed E-state index contributed by atoms with van der Waals surface area (Å²) in [5.74, 6) is 3.17. The van der Waals surface area contributed by atoms with Crippen molar-refractivity contribution in [1.82, 2.24) is 0 Å². The van der Waals surface area contributed by atoms with E-state index in [4.69, 9.17) is 18.9 Å². The highest BCUT2D eigenvalue weighted by Crippen LogP contribution is 2.29. The van der Waals surface area contributed by atoms with Crippen LogP contribution in [0.1, 0.15) is 17.2 Å². The Morgan fingerprint density at radius 3 is 2.11 bits per heavy atom. The summed E-state index contributed by atoms with van der Waals surface area (Å²) < 4.78 is 21.6. The number of ether oxygens (including phenoxy) is 4. The lowest BCUT2D eigenvalue weighted by molar-refractivity contribution is -0.910. The molecule has 0 radical (unpaired) electrons. The Hall–Kier alpha value is -2.44. The zero-order valence-corrected chi connectivity index (χ0v) is 17.2. The molecular formula is C21H32N2O4+2. The summed E-state index contributed by atoms with van der Waals surface area (Å²) in [6.07, 6.45) is 0. The molecule has 27 heavy (non-hydrogen) atoms. The predicted molar refractivity (Wildman–Crippen MR) is 105 cm³/mol. The normalized spacial score (nSPS) is 12.0. The molecule has 6 heteroatoms. The summed E-state index contributed by atoms with van der Waals surface area (Å²) in [7, 11) is 11.0. The van der Waals surface area contributed by atoms with Crippen LogP contribution in [0.2, 0.25) is 0 Å². The number of benzene rings is 2.